The molecule has 0 radical (unpaired) electrons. The van der Waals surface area contributed by atoms with Crippen LogP contribution < -0.4 is 0 Å². The number of nitrogens with zero attached hydrogens (tertiary/aromatic N) is 2. The average molecular weight is 204 g/mol. The molecule has 0 saturated heterocycles. The Hall–Kier alpha value is -1.68. The SMILES string of the molecule is COCc1noc(-c2ccccc2C)n1. The first-order chi connectivity index (χ1) is 7.31. The molecule has 0 aliphatic rings. The Morgan fingerprint density at radius 3 is 2.87 bits per heavy atom. The normalized spacial score (nSPS) is 10.5. The van der Waals surface area contributed by atoms with Gasteiger partial charge in [-0.3, -0.25) is 0 Å². The highest BCUT2D eigenvalue weighted by molar-refractivity contribution is 5.57. The average Bonchev–Trinajstić information content (AvgIpc) is 2.68. The molecule has 0 bridgehead atoms. The fraction of sp³-hybridized carbons (Fsp3) is 0.273. The van der Waals surface area contributed by atoms with Crippen LogP contribution in [-0.2, 0) is 11.3 Å². The topological polar surface area (TPSA) is 48.2 Å². The third-order valence-electron chi connectivity index (χ3n) is 2.12. The van der Waals surface area contributed by atoms with E-state index < -0.39 is 0 Å². The number of benzene rings is 1. The van der Waals surface area contributed by atoms with E-state index in [1.165, 1.54) is 0 Å². The van der Waals surface area contributed by atoms with Crippen molar-refractivity contribution in [1.29, 1.82) is 0 Å². The third kappa shape index (κ3) is 2.05. The van der Waals surface area contributed by atoms with Gasteiger partial charge in [0.1, 0.15) is 6.61 Å². The zero-order valence-corrected chi connectivity index (χ0v) is 8.73. The monoisotopic (exact) mass is 204 g/mol. The molecule has 2 rings (SSSR count). The maximum absolute atomic E-state index is 5.14. The maximum Gasteiger partial charge on any atom is 0.258 e. The molecule has 78 valence electrons. The molecule has 1 heterocycles. The van der Waals surface area contributed by atoms with Gasteiger partial charge in [0.25, 0.3) is 5.89 Å². The molecule has 0 unspecified atom stereocenters. The van der Waals surface area contributed by atoms with Gasteiger partial charge in [0.2, 0.25) is 0 Å². The number of hydrogen-bond acceptors (Lipinski definition) is 4. The molecular weight excluding hydrogens is 192 g/mol. The minimum atomic E-state index is 0.370. The van der Waals surface area contributed by atoms with E-state index >= 15 is 0 Å². The highest BCUT2D eigenvalue weighted by atomic mass is 16.5. The Morgan fingerprint density at radius 1 is 1.33 bits per heavy atom. The second-order valence-corrected chi connectivity index (χ2v) is 3.26. The fourth-order valence-corrected chi connectivity index (χ4v) is 1.36. The van der Waals surface area contributed by atoms with Gasteiger partial charge < -0.3 is 9.26 Å². The van der Waals surface area contributed by atoms with Crippen LogP contribution in [0.5, 0.6) is 0 Å². The lowest BCUT2D eigenvalue weighted by Crippen LogP contribution is -1.89. The molecule has 15 heavy (non-hydrogen) atoms. The highest BCUT2D eigenvalue weighted by Crippen LogP contribution is 2.20. The Bertz CT molecular complexity index is 451. The Kier molecular flexibility index (Phi) is 2.78. The fourth-order valence-electron chi connectivity index (χ4n) is 1.36. The second-order valence-electron chi connectivity index (χ2n) is 3.26. The first kappa shape index (κ1) is 9.86. The van der Waals surface area contributed by atoms with Crippen molar-refractivity contribution in [3.63, 3.8) is 0 Å². The van der Waals surface area contributed by atoms with E-state index in [4.69, 9.17) is 9.26 Å². The predicted octanol–water partition coefficient (Wildman–Crippen LogP) is 2.19. The lowest BCUT2D eigenvalue weighted by molar-refractivity contribution is 0.174. The molecular formula is C11H12N2O2. The predicted molar refractivity (Wildman–Crippen MR) is 55.2 cm³/mol. The van der Waals surface area contributed by atoms with Crippen molar-refractivity contribution < 1.29 is 9.26 Å². The van der Waals surface area contributed by atoms with Gasteiger partial charge in [-0.25, -0.2) is 0 Å². The molecule has 2 aromatic rings. The van der Waals surface area contributed by atoms with Gasteiger partial charge in [-0.2, -0.15) is 4.98 Å². The number of hydrogen-bond donors (Lipinski definition) is 0. The lowest BCUT2D eigenvalue weighted by Gasteiger charge is -1.97. The minimum Gasteiger partial charge on any atom is -0.377 e. The summed E-state index contributed by atoms with van der Waals surface area (Å²) in [6.45, 7) is 2.38. The van der Waals surface area contributed by atoms with Crippen LogP contribution in [0.15, 0.2) is 28.8 Å². The summed E-state index contributed by atoms with van der Waals surface area (Å²) >= 11 is 0. The molecule has 0 amide bonds. The van der Waals surface area contributed by atoms with Gasteiger partial charge in [-0.05, 0) is 18.6 Å². The molecule has 0 fully saturated rings. The summed E-state index contributed by atoms with van der Waals surface area (Å²) in [5.41, 5.74) is 2.08. The van der Waals surface area contributed by atoms with E-state index in [0.29, 0.717) is 18.3 Å². The summed E-state index contributed by atoms with van der Waals surface area (Å²) in [6.07, 6.45) is 0. The zero-order chi connectivity index (χ0) is 10.7. The van der Waals surface area contributed by atoms with Crippen molar-refractivity contribution in [1.82, 2.24) is 10.1 Å². The van der Waals surface area contributed by atoms with Crippen LogP contribution in [0.1, 0.15) is 11.4 Å². The van der Waals surface area contributed by atoms with Gasteiger partial charge in [-0.15, -0.1) is 0 Å². The summed E-state index contributed by atoms with van der Waals surface area (Å²) in [5.74, 6) is 1.11. The van der Waals surface area contributed by atoms with Gasteiger partial charge in [0.05, 0.1) is 0 Å². The quantitative estimate of drug-likeness (QED) is 0.768. The Labute approximate surface area is 87.9 Å². The van der Waals surface area contributed by atoms with E-state index in [9.17, 15) is 0 Å². The molecule has 4 nitrogen and oxygen atoms in total. The van der Waals surface area contributed by atoms with Crippen LogP contribution in [0.2, 0.25) is 0 Å². The molecule has 0 spiro atoms. The van der Waals surface area contributed by atoms with Crippen LogP contribution in [0.3, 0.4) is 0 Å². The minimum absolute atomic E-state index is 0.370. The molecule has 0 aliphatic carbocycles. The van der Waals surface area contributed by atoms with Gasteiger partial charge in [0.15, 0.2) is 5.82 Å². The molecule has 0 atom stereocenters. The third-order valence-corrected chi connectivity index (χ3v) is 2.12. The summed E-state index contributed by atoms with van der Waals surface area (Å²) < 4.78 is 10.1. The van der Waals surface area contributed by atoms with Gasteiger partial charge in [0, 0.05) is 12.7 Å². The highest BCUT2D eigenvalue weighted by Gasteiger charge is 2.09. The largest absolute Gasteiger partial charge is 0.377 e. The van der Waals surface area contributed by atoms with Crippen molar-refractivity contribution in [2.75, 3.05) is 7.11 Å². The number of methoxy groups -OCH3 is 1. The Balaban J connectivity index is 2.33. The van der Waals surface area contributed by atoms with E-state index in [0.717, 1.165) is 11.1 Å². The lowest BCUT2D eigenvalue weighted by atomic mass is 10.1. The zero-order valence-electron chi connectivity index (χ0n) is 8.73. The summed E-state index contributed by atoms with van der Waals surface area (Å²) in [5, 5.41) is 3.81. The van der Waals surface area contributed by atoms with Crippen LogP contribution in [-0.4, -0.2) is 17.3 Å². The standard InChI is InChI=1S/C11H12N2O2/c1-8-5-3-4-6-9(8)11-12-10(7-14-2)13-15-11/h3-6H,7H2,1-2H3. The summed E-state index contributed by atoms with van der Waals surface area (Å²) in [7, 11) is 1.60. The van der Waals surface area contributed by atoms with Crippen LogP contribution >= 0.6 is 0 Å². The van der Waals surface area contributed by atoms with E-state index in [1.54, 1.807) is 7.11 Å². The van der Waals surface area contributed by atoms with Crippen LogP contribution in [0.4, 0.5) is 0 Å². The number of rotatable bonds is 3. The van der Waals surface area contributed by atoms with Crippen LogP contribution in [0, 0.1) is 6.92 Å². The van der Waals surface area contributed by atoms with Crippen molar-refractivity contribution in [2.45, 2.75) is 13.5 Å². The smallest absolute Gasteiger partial charge is 0.258 e. The Morgan fingerprint density at radius 2 is 2.13 bits per heavy atom. The molecule has 1 aromatic carbocycles. The number of ether oxygens (including phenoxy) is 1. The molecule has 4 heteroatoms. The van der Waals surface area contributed by atoms with E-state index in [-0.39, 0.29) is 0 Å². The maximum atomic E-state index is 5.14. The molecule has 1 aromatic heterocycles. The number of aromatic nitrogens is 2. The first-order valence-electron chi connectivity index (χ1n) is 4.69. The van der Waals surface area contributed by atoms with Gasteiger partial charge >= 0.3 is 0 Å². The molecule has 0 saturated carbocycles. The molecule has 0 N–H and O–H groups in total. The van der Waals surface area contributed by atoms with Crippen molar-refractivity contribution >= 4 is 0 Å². The summed E-state index contributed by atoms with van der Waals surface area (Å²) in [6, 6.07) is 7.89. The van der Waals surface area contributed by atoms with E-state index in [1.807, 2.05) is 31.2 Å². The second kappa shape index (κ2) is 4.23. The number of aryl methyl sites for hydroxylation is 1. The van der Waals surface area contributed by atoms with Gasteiger partial charge in [-0.1, -0.05) is 23.4 Å². The summed E-state index contributed by atoms with van der Waals surface area (Å²) in [4.78, 5) is 4.23. The van der Waals surface area contributed by atoms with Crippen LogP contribution in [0.25, 0.3) is 11.5 Å². The molecule has 0 aliphatic heterocycles. The van der Waals surface area contributed by atoms with Crippen molar-refractivity contribution in [3.8, 4) is 11.5 Å². The van der Waals surface area contributed by atoms with Crippen molar-refractivity contribution in [3.05, 3.63) is 35.7 Å². The van der Waals surface area contributed by atoms with E-state index in [2.05, 4.69) is 10.1 Å². The first-order valence-corrected chi connectivity index (χ1v) is 4.69. The van der Waals surface area contributed by atoms with Crippen molar-refractivity contribution in [2.24, 2.45) is 0 Å².